The fourth-order valence-corrected chi connectivity index (χ4v) is 2.94. The van der Waals surface area contributed by atoms with Gasteiger partial charge in [0.1, 0.15) is 0 Å². The molecule has 0 atom stereocenters. The van der Waals surface area contributed by atoms with E-state index in [2.05, 4.69) is 43.1 Å². The van der Waals surface area contributed by atoms with Crippen molar-refractivity contribution in [3.8, 4) is 0 Å². The molecule has 3 heteroatoms. The van der Waals surface area contributed by atoms with Crippen LogP contribution in [0.1, 0.15) is 56.0 Å². The molecule has 0 spiro atoms. The van der Waals surface area contributed by atoms with Gasteiger partial charge >= 0.3 is 0 Å². The second-order valence-corrected chi connectivity index (χ2v) is 6.32. The molecule has 1 fully saturated rings. The first-order valence-corrected chi connectivity index (χ1v) is 8.24. The van der Waals surface area contributed by atoms with Crippen LogP contribution < -0.4 is 5.32 Å². The van der Waals surface area contributed by atoms with E-state index in [9.17, 15) is 4.79 Å². The molecule has 1 aromatic carbocycles. The maximum Gasteiger partial charge on any atom is 0.251 e. The molecule has 1 heterocycles. The Labute approximate surface area is 128 Å². The van der Waals surface area contributed by atoms with Gasteiger partial charge in [0.2, 0.25) is 0 Å². The van der Waals surface area contributed by atoms with E-state index in [1.165, 1.54) is 5.56 Å². The topological polar surface area (TPSA) is 32.3 Å². The number of carbonyl (C=O) groups excluding carboxylic acids is 1. The lowest BCUT2D eigenvalue weighted by atomic mass is 10.0. The molecular weight excluding hydrogens is 260 g/mol. The number of hydrogen-bond acceptors (Lipinski definition) is 2. The third-order valence-corrected chi connectivity index (χ3v) is 4.35. The summed E-state index contributed by atoms with van der Waals surface area (Å²) in [6.45, 7) is 8.80. The summed E-state index contributed by atoms with van der Waals surface area (Å²) in [5, 5.41) is 3.18. The van der Waals surface area contributed by atoms with Crippen molar-refractivity contribution in [1.82, 2.24) is 10.2 Å². The van der Waals surface area contributed by atoms with Crippen molar-refractivity contribution in [2.75, 3.05) is 13.1 Å². The van der Waals surface area contributed by atoms with Crippen LogP contribution in [0.5, 0.6) is 0 Å². The Kier molecular flexibility index (Phi) is 5.80. The van der Waals surface area contributed by atoms with Crippen molar-refractivity contribution in [2.45, 2.75) is 58.5 Å². The molecule has 1 aliphatic rings. The van der Waals surface area contributed by atoms with Gasteiger partial charge in [-0.3, -0.25) is 4.79 Å². The summed E-state index contributed by atoms with van der Waals surface area (Å²) >= 11 is 0. The molecule has 0 radical (unpaired) electrons. The summed E-state index contributed by atoms with van der Waals surface area (Å²) in [4.78, 5) is 14.7. The second kappa shape index (κ2) is 7.60. The SMILES string of the molecule is CCCc1ccc(C(=O)NC2CCN(C(C)C)CC2)cc1. The minimum atomic E-state index is 0.0704. The van der Waals surface area contributed by atoms with Crippen molar-refractivity contribution >= 4 is 5.91 Å². The average Bonchev–Trinajstić information content (AvgIpc) is 2.49. The smallest absolute Gasteiger partial charge is 0.251 e. The van der Waals surface area contributed by atoms with Gasteiger partial charge in [-0.1, -0.05) is 25.5 Å². The van der Waals surface area contributed by atoms with Crippen LogP contribution in [0.15, 0.2) is 24.3 Å². The highest BCUT2D eigenvalue weighted by Gasteiger charge is 2.22. The maximum absolute atomic E-state index is 12.3. The van der Waals surface area contributed by atoms with E-state index >= 15 is 0 Å². The number of rotatable bonds is 5. The van der Waals surface area contributed by atoms with Crippen molar-refractivity contribution in [2.24, 2.45) is 0 Å². The summed E-state index contributed by atoms with van der Waals surface area (Å²) in [6, 6.07) is 8.96. The van der Waals surface area contributed by atoms with Gasteiger partial charge in [-0.05, 0) is 50.8 Å². The zero-order valence-corrected chi connectivity index (χ0v) is 13.6. The maximum atomic E-state index is 12.3. The van der Waals surface area contributed by atoms with E-state index in [-0.39, 0.29) is 5.91 Å². The quantitative estimate of drug-likeness (QED) is 0.902. The molecule has 0 aromatic heterocycles. The number of piperidine rings is 1. The number of nitrogens with one attached hydrogen (secondary N) is 1. The summed E-state index contributed by atoms with van der Waals surface area (Å²) in [5.74, 6) is 0.0704. The van der Waals surface area contributed by atoms with E-state index in [0.29, 0.717) is 12.1 Å². The van der Waals surface area contributed by atoms with E-state index < -0.39 is 0 Å². The Morgan fingerprint density at radius 2 is 1.86 bits per heavy atom. The van der Waals surface area contributed by atoms with Crippen LogP contribution in [0.3, 0.4) is 0 Å². The van der Waals surface area contributed by atoms with Crippen molar-refractivity contribution in [1.29, 1.82) is 0 Å². The highest BCUT2D eigenvalue weighted by Crippen LogP contribution is 2.14. The number of aryl methyl sites for hydroxylation is 1. The van der Waals surface area contributed by atoms with Gasteiger partial charge in [-0.25, -0.2) is 0 Å². The van der Waals surface area contributed by atoms with Crippen LogP contribution in [-0.4, -0.2) is 36.0 Å². The molecule has 1 N–H and O–H groups in total. The lowest BCUT2D eigenvalue weighted by molar-refractivity contribution is 0.0900. The van der Waals surface area contributed by atoms with Crippen molar-refractivity contribution < 1.29 is 4.79 Å². The monoisotopic (exact) mass is 288 g/mol. The third kappa shape index (κ3) is 4.57. The van der Waals surface area contributed by atoms with Crippen molar-refractivity contribution in [3.05, 3.63) is 35.4 Å². The van der Waals surface area contributed by atoms with Gasteiger partial charge in [0.15, 0.2) is 0 Å². The number of hydrogen-bond donors (Lipinski definition) is 1. The number of benzene rings is 1. The molecule has 116 valence electrons. The van der Waals surface area contributed by atoms with E-state index in [4.69, 9.17) is 0 Å². The lowest BCUT2D eigenvalue weighted by Crippen LogP contribution is -2.46. The minimum Gasteiger partial charge on any atom is -0.349 e. The third-order valence-electron chi connectivity index (χ3n) is 4.35. The molecule has 0 unspecified atom stereocenters. The zero-order valence-electron chi connectivity index (χ0n) is 13.6. The lowest BCUT2D eigenvalue weighted by Gasteiger charge is -2.34. The fourth-order valence-electron chi connectivity index (χ4n) is 2.94. The van der Waals surface area contributed by atoms with E-state index in [1.807, 2.05) is 12.1 Å². The van der Waals surface area contributed by atoms with E-state index in [1.54, 1.807) is 0 Å². The van der Waals surface area contributed by atoms with Crippen LogP contribution in [0, 0.1) is 0 Å². The first kappa shape index (κ1) is 16.0. The Morgan fingerprint density at radius 3 is 2.38 bits per heavy atom. The Morgan fingerprint density at radius 1 is 1.24 bits per heavy atom. The van der Waals surface area contributed by atoms with E-state index in [0.717, 1.165) is 44.3 Å². The van der Waals surface area contributed by atoms with Gasteiger partial charge < -0.3 is 10.2 Å². The normalized spacial score (nSPS) is 17.1. The highest BCUT2D eigenvalue weighted by atomic mass is 16.1. The molecule has 1 aromatic rings. The number of amides is 1. The Bertz CT molecular complexity index is 445. The van der Waals surface area contributed by atoms with Crippen LogP contribution >= 0.6 is 0 Å². The molecule has 1 aliphatic heterocycles. The van der Waals surface area contributed by atoms with Crippen LogP contribution in [0.25, 0.3) is 0 Å². The molecule has 0 aliphatic carbocycles. The number of nitrogens with zero attached hydrogens (tertiary/aromatic N) is 1. The molecule has 2 rings (SSSR count). The zero-order chi connectivity index (χ0) is 15.2. The summed E-state index contributed by atoms with van der Waals surface area (Å²) in [7, 11) is 0. The minimum absolute atomic E-state index is 0.0704. The summed E-state index contributed by atoms with van der Waals surface area (Å²) < 4.78 is 0. The standard InChI is InChI=1S/C18H28N2O/c1-4-5-15-6-8-16(9-7-15)18(21)19-17-10-12-20(13-11-17)14(2)3/h6-9,14,17H,4-5,10-13H2,1-3H3,(H,19,21). The number of carbonyl (C=O) groups is 1. The van der Waals surface area contributed by atoms with Crippen LogP contribution in [-0.2, 0) is 6.42 Å². The summed E-state index contributed by atoms with van der Waals surface area (Å²) in [6.07, 6.45) is 4.32. The molecule has 21 heavy (non-hydrogen) atoms. The largest absolute Gasteiger partial charge is 0.349 e. The second-order valence-electron chi connectivity index (χ2n) is 6.32. The van der Waals surface area contributed by atoms with Gasteiger partial charge in [0.25, 0.3) is 5.91 Å². The van der Waals surface area contributed by atoms with Crippen LogP contribution in [0.4, 0.5) is 0 Å². The molecule has 0 bridgehead atoms. The van der Waals surface area contributed by atoms with Gasteiger partial charge in [0, 0.05) is 30.7 Å². The van der Waals surface area contributed by atoms with Gasteiger partial charge in [-0.15, -0.1) is 0 Å². The fraction of sp³-hybridized carbons (Fsp3) is 0.611. The van der Waals surface area contributed by atoms with Gasteiger partial charge in [-0.2, -0.15) is 0 Å². The predicted molar refractivity (Wildman–Crippen MR) is 87.6 cm³/mol. The predicted octanol–water partition coefficient (Wildman–Crippen LogP) is 3.24. The Hall–Kier alpha value is -1.35. The molecule has 0 saturated carbocycles. The Balaban J connectivity index is 1.84. The first-order valence-electron chi connectivity index (χ1n) is 8.24. The first-order chi connectivity index (χ1) is 10.1. The average molecular weight is 288 g/mol. The molecule has 1 saturated heterocycles. The number of likely N-dealkylation sites (tertiary alicyclic amines) is 1. The van der Waals surface area contributed by atoms with Crippen molar-refractivity contribution in [3.63, 3.8) is 0 Å². The molecular formula is C18H28N2O. The van der Waals surface area contributed by atoms with Gasteiger partial charge in [0.05, 0.1) is 0 Å². The van der Waals surface area contributed by atoms with Crippen LogP contribution in [0.2, 0.25) is 0 Å². The molecule has 1 amide bonds. The molecule has 3 nitrogen and oxygen atoms in total. The summed E-state index contributed by atoms with van der Waals surface area (Å²) in [5.41, 5.74) is 2.08. The highest BCUT2D eigenvalue weighted by molar-refractivity contribution is 5.94.